The minimum absolute atomic E-state index is 0.208. The molecule has 1 fully saturated rings. The second-order valence-corrected chi connectivity index (χ2v) is 5.22. The van der Waals surface area contributed by atoms with E-state index in [2.05, 4.69) is 20.7 Å². The Labute approximate surface area is 122 Å². The highest BCUT2D eigenvalue weighted by Crippen LogP contribution is 2.38. The zero-order valence-corrected chi connectivity index (χ0v) is 11.6. The van der Waals surface area contributed by atoms with Gasteiger partial charge >= 0.3 is 0 Å². The number of nitrogens with two attached hydrogens (primary N) is 1. The molecule has 0 atom stereocenters. The predicted octanol–water partition coefficient (Wildman–Crippen LogP) is 2.43. The molecule has 0 radical (unpaired) electrons. The van der Waals surface area contributed by atoms with Crippen LogP contribution in [0.3, 0.4) is 0 Å². The fourth-order valence-electron chi connectivity index (χ4n) is 2.18. The van der Waals surface area contributed by atoms with Crippen molar-refractivity contribution in [3.8, 4) is 0 Å². The van der Waals surface area contributed by atoms with Crippen molar-refractivity contribution >= 4 is 11.6 Å². The third-order valence-corrected chi connectivity index (χ3v) is 3.44. The van der Waals surface area contributed by atoms with Crippen LogP contribution in [0, 0.1) is 5.82 Å². The molecule has 1 aromatic carbocycles. The van der Waals surface area contributed by atoms with Gasteiger partial charge in [-0.25, -0.2) is 20.2 Å². The molecule has 0 unspecified atom stereocenters. The fourth-order valence-corrected chi connectivity index (χ4v) is 2.18. The fraction of sp³-hybridized carbons (Fsp3) is 0.333. The maximum absolute atomic E-state index is 13.1. The molecule has 5 nitrogen and oxygen atoms in total. The van der Waals surface area contributed by atoms with Crippen molar-refractivity contribution in [1.29, 1.82) is 0 Å². The molecule has 1 aliphatic rings. The SMILES string of the molecule is NNc1cc(NCCc2cccc(F)c2)nc(C2CC2)n1. The molecule has 3 rings (SSSR count). The van der Waals surface area contributed by atoms with Crippen molar-refractivity contribution in [3.05, 3.63) is 47.5 Å². The average molecular weight is 287 g/mol. The Morgan fingerprint density at radius 3 is 2.71 bits per heavy atom. The summed E-state index contributed by atoms with van der Waals surface area (Å²) in [5.74, 6) is 7.88. The van der Waals surface area contributed by atoms with Crippen LogP contribution in [-0.4, -0.2) is 16.5 Å². The molecule has 1 aliphatic carbocycles. The van der Waals surface area contributed by atoms with Crippen molar-refractivity contribution in [3.63, 3.8) is 0 Å². The van der Waals surface area contributed by atoms with Crippen LogP contribution in [0.4, 0.5) is 16.0 Å². The van der Waals surface area contributed by atoms with Gasteiger partial charge in [-0.05, 0) is 37.0 Å². The zero-order valence-electron chi connectivity index (χ0n) is 11.6. The van der Waals surface area contributed by atoms with E-state index < -0.39 is 0 Å². The summed E-state index contributed by atoms with van der Waals surface area (Å²) in [5.41, 5.74) is 3.52. The number of nitrogen functional groups attached to an aromatic ring is 1. The molecule has 1 saturated carbocycles. The lowest BCUT2D eigenvalue weighted by atomic mass is 10.1. The molecule has 6 heteroatoms. The van der Waals surface area contributed by atoms with Crippen molar-refractivity contribution in [1.82, 2.24) is 9.97 Å². The Morgan fingerprint density at radius 2 is 2.00 bits per heavy atom. The van der Waals surface area contributed by atoms with Gasteiger partial charge in [0.15, 0.2) is 0 Å². The van der Waals surface area contributed by atoms with E-state index >= 15 is 0 Å². The monoisotopic (exact) mass is 287 g/mol. The summed E-state index contributed by atoms with van der Waals surface area (Å²) < 4.78 is 13.1. The van der Waals surface area contributed by atoms with E-state index in [1.54, 1.807) is 18.2 Å². The number of hydrazine groups is 1. The maximum atomic E-state index is 13.1. The molecule has 4 N–H and O–H groups in total. The van der Waals surface area contributed by atoms with Gasteiger partial charge in [0.1, 0.15) is 23.3 Å². The quantitative estimate of drug-likeness (QED) is 0.562. The summed E-state index contributed by atoms with van der Waals surface area (Å²) in [6, 6.07) is 8.40. The smallest absolute Gasteiger partial charge is 0.145 e. The van der Waals surface area contributed by atoms with Crippen LogP contribution >= 0.6 is 0 Å². The Hall–Kier alpha value is -2.21. The van der Waals surface area contributed by atoms with Gasteiger partial charge in [0.2, 0.25) is 0 Å². The third kappa shape index (κ3) is 3.66. The van der Waals surface area contributed by atoms with Gasteiger partial charge in [0.25, 0.3) is 0 Å². The third-order valence-electron chi connectivity index (χ3n) is 3.44. The van der Waals surface area contributed by atoms with E-state index in [1.807, 2.05) is 6.07 Å². The molecule has 0 bridgehead atoms. The summed E-state index contributed by atoms with van der Waals surface area (Å²) in [5, 5.41) is 3.24. The summed E-state index contributed by atoms with van der Waals surface area (Å²) in [7, 11) is 0. The van der Waals surface area contributed by atoms with Gasteiger partial charge in [-0.15, -0.1) is 0 Å². The van der Waals surface area contributed by atoms with Gasteiger partial charge in [-0.2, -0.15) is 0 Å². The molecule has 0 aliphatic heterocycles. The first kappa shape index (κ1) is 13.8. The van der Waals surface area contributed by atoms with E-state index in [-0.39, 0.29) is 5.82 Å². The summed E-state index contributed by atoms with van der Waals surface area (Å²) in [4.78, 5) is 8.86. The highest BCUT2D eigenvalue weighted by atomic mass is 19.1. The zero-order chi connectivity index (χ0) is 14.7. The average Bonchev–Trinajstić information content (AvgIpc) is 3.32. The number of hydrogen-bond donors (Lipinski definition) is 3. The van der Waals surface area contributed by atoms with Crippen LogP contribution in [0.2, 0.25) is 0 Å². The largest absolute Gasteiger partial charge is 0.370 e. The molecule has 21 heavy (non-hydrogen) atoms. The van der Waals surface area contributed by atoms with Gasteiger partial charge in [-0.1, -0.05) is 12.1 Å². The Kier molecular flexibility index (Phi) is 3.96. The number of hydrogen-bond acceptors (Lipinski definition) is 5. The van der Waals surface area contributed by atoms with E-state index in [9.17, 15) is 4.39 Å². The Morgan fingerprint density at radius 1 is 1.19 bits per heavy atom. The second kappa shape index (κ2) is 6.05. The minimum atomic E-state index is -0.208. The summed E-state index contributed by atoms with van der Waals surface area (Å²) in [6.45, 7) is 0.675. The van der Waals surface area contributed by atoms with Gasteiger partial charge < -0.3 is 10.7 Å². The predicted molar refractivity (Wildman–Crippen MR) is 80.4 cm³/mol. The van der Waals surface area contributed by atoms with E-state index in [1.165, 1.54) is 6.07 Å². The van der Waals surface area contributed by atoms with E-state index in [0.29, 0.717) is 18.3 Å². The number of rotatable bonds is 6. The van der Waals surface area contributed by atoms with Crippen molar-refractivity contribution < 1.29 is 4.39 Å². The molecule has 1 heterocycles. The number of nitrogens with one attached hydrogen (secondary N) is 2. The minimum Gasteiger partial charge on any atom is -0.370 e. The van der Waals surface area contributed by atoms with Crippen LogP contribution in [0.1, 0.15) is 30.1 Å². The lowest BCUT2D eigenvalue weighted by Gasteiger charge is -2.09. The molecule has 2 aromatic rings. The van der Waals surface area contributed by atoms with E-state index in [4.69, 9.17) is 5.84 Å². The highest BCUT2D eigenvalue weighted by Gasteiger charge is 2.27. The van der Waals surface area contributed by atoms with Crippen molar-refractivity contribution in [2.45, 2.75) is 25.2 Å². The molecule has 0 amide bonds. The first-order valence-corrected chi connectivity index (χ1v) is 7.08. The number of nitrogens with zero attached hydrogens (tertiary/aromatic N) is 2. The van der Waals surface area contributed by atoms with E-state index in [0.717, 1.165) is 36.5 Å². The molecular weight excluding hydrogens is 269 g/mol. The number of benzene rings is 1. The molecular formula is C15H18FN5. The van der Waals surface area contributed by atoms with Crippen LogP contribution in [-0.2, 0) is 6.42 Å². The van der Waals surface area contributed by atoms with Gasteiger partial charge in [0.05, 0.1) is 0 Å². The normalized spacial score (nSPS) is 14.0. The topological polar surface area (TPSA) is 75.9 Å². The molecule has 0 spiro atoms. The summed E-state index contributed by atoms with van der Waals surface area (Å²) >= 11 is 0. The van der Waals surface area contributed by atoms with Crippen LogP contribution < -0.4 is 16.6 Å². The number of halogens is 1. The molecule has 110 valence electrons. The standard InChI is InChI=1S/C15H18FN5/c16-12-3-1-2-10(8-12)6-7-18-13-9-14(21-17)20-15(19-13)11-4-5-11/h1-3,8-9,11H,4-7,17H2,(H2,18,19,20,21). The van der Waals surface area contributed by atoms with Crippen LogP contribution in [0.15, 0.2) is 30.3 Å². The Bertz CT molecular complexity index is 627. The lowest BCUT2D eigenvalue weighted by molar-refractivity contribution is 0.625. The molecule has 1 aromatic heterocycles. The van der Waals surface area contributed by atoms with Crippen molar-refractivity contribution in [2.75, 3.05) is 17.3 Å². The van der Waals surface area contributed by atoms with Gasteiger partial charge in [-0.3, -0.25) is 0 Å². The highest BCUT2D eigenvalue weighted by molar-refractivity contribution is 5.47. The summed E-state index contributed by atoms with van der Waals surface area (Å²) in [6.07, 6.45) is 3.00. The number of anilines is 2. The van der Waals surface area contributed by atoms with Crippen molar-refractivity contribution in [2.24, 2.45) is 5.84 Å². The first-order chi connectivity index (χ1) is 10.2. The first-order valence-electron chi connectivity index (χ1n) is 7.08. The maximum Gasteiger partial charge on any atom is 0.145 e. The number of aromatic nitrogens is 2. The van der Waals surface area contributed by atoms with Crippen LogP contribution in [0.25, 0.3) is 0 Å². The lowest BCUT2D eigenvalue weighted by Crippen LogP contribution is -2.13. The molecule has 0 saturated heterocycles. The van der Waals surface area contributed by atoms with Gasteiger partial charge in [0, 0.05) is 18.5 Å². The van der Waals surface area contributed by atoms with Crippen LogP contribution in [0.5, 0.6) is 0 Å². The second-order valence-electron chi connectivity index (χ2n) is 5.22. The Balaban J connectivity index is 1.63.